The van der Waals surface area contributed by atoms with Gasteiger partial charge >= 0.3 is 0 Å². The molecule has 0 fully saturated rings. The molecule has 3 aromatic rings. The van der Waals surface area contributed by atoms with Crippen molar-refractivity contribution in [2.75, 3.05) is 10.6 Å². The lowest BCUT2D eigenvalue weighted by atomic mass is 10.3. The zero-order chi connectivity index (χ0) is 20.3. The summed E-state index contributed by atoms with van der Waals surface area (Å²) in [6, 6.07) is 12.0. The van der Waals surface area contributed by atoms with Gasteiger partial charge in [-0.3, -0.25) is 9.59 Å². The maximum absolute atomic E-state index is 12.4. The van der Waals surface area contributed by atoms with Gasteiger partial charge in [-0.05, 0) is 37.3 Å². The summed E-state index contributed by atoms with van der Waals surface area (Å²) in [7, 11) is -3.81. The zero-order valence-corrected chi connectivity index (χ0v) is 16.7. The number of rotatable bonds is 6. The van der Waals surface area contributed by atoms with Crippen molar-refractivity contribution in [2.45, 2.75) is 24.8 Å². The van der Waals surface area contributed by atoms with Crippen molar-refractivity contribution < 1.29 is 18.0 Å². The van der Waals surface area contributed by atoms with E-state index < -0.39 is 22.0 Å². The minimum atomic E-state index is -3.81. The average Bonchev–Trinajstić information content (AvgIpc) is 3.03. The van der Waals surface area contributed by atoms with Crippen LogP contribution in [0.3, 0.4) is 0 Å². The summed E-state index contributed by atoms with van der Waals surface area (Å²) in [5, 5.41) is 5.64. The Morgan fingerprint density at radius 2 is 1.79 bits per heavy atom. The third-order valence-electron chi connectivity index (χ3n) is 3.72. The molecule has 28 heavy (non-hydrogen) atoms. The molecule has 0 bridgehead atoms. The molecule has 3 N–H and O–H groups in total. The van der Waals surface area contributed by atoms with E-state index in [0.717, 1.165) is 4.70 Å². The number of aromatic nitrogens is 1. The fraction of sp³-hybridized carbons (Fsp3) is 0.167. The highest BCUT2D eigenvalue weighted by Gasteiger charge is 2.22. The van der Waals surface area contributed by atoms with Crippen LogP contribution in [-0.2, 0) is 19.6 Å². The zero-order valence-electron chi connectivity index (χ0n) is 15.1. The number of anilines is 2. The number of carbonyl (C=O) groups is 2. The molecule has 1 atom stereocenters. The largest absolute Gasteiger partial charge is 0.326 e. The van der Waals surface area contributed by atoms with Crippen LogP contribution in [0.15, 0.2) is 53.4 Å². The fourth-order valence-electron chi connectivity index (χ4n) is 2.43. The monoisotopic (exact) mass is 418 g/mol. The number of thiazole rings is 1. The Morgan fingerprint density at radius 1 is 1.07 bits per heavy atom. The van der Waals surface area contributed by atoms with Crippen molar-refractivity contribution in [3.8, 4) is 0 Å². The van der Waals surface area contributed by atoms with Crippen LogP contribution in [0.5, 0.6) is 0 Å². The summed E-state index contributed by atoms with van der Waals surface area (Å²) >= 11 is 1.23. The van der Waals surface area contributed by atoms with Crippen molar-refractivity contribution in [1.82, 2.24) is 9.71 Å². The molecule has 0 aliphatic heterocycles. The standard InChI is InChI=1S/C18H18N4O4S2/c1-11(22-28(25,26)14-6-4-3-5-7-14)17(24)21-18-20-15-9-8-13(19-12(2)23)10-16(15)27-18/h3-11,22H,1-2H3,(H,19,23)(H,20,21,24)/t11-/m0/s1. The lowest BCUT2D eigenvalue weighted by Gasteiger charge is -2.13. The molecule has 10 heteroatoms. The molecular weight excluding hydrogens is 400 g/mol. The number of amides is 2. The van der Waals surface area contributed by atoms with Crippen molar-refractivity contribution >= 4 is 54.2 Å². The first-order valence-electron chi connectivity index (χ1n) is 8.31. The molecule has 1 aromatic heterocycles. The minimum absolute atomic E-state index is 0.0835. The lowest BCUT2D eigenvalue weighted by molar-refractivity contribution is -0.117. The third kappa shape index (κ3) is 4.71. The molecule has 0 aliphatic carbocycles. The Kier molecular flexibility index (Phi) is 5.73. The number of carbonyl (C=O) groups excluding carboxylic acids is 2. The van der Waals surface area contributed by atoms with Crippen LogP contribution in [0.1, 0.15) is 13.8 Å². The van der Waals surface area contributed by atoms with E-state index in [0.29, 0.717) is 16.3 Å². The Bertz CT molecular complexity index is 1130. The van der Waals surface area contributed by atoms with Crippen LogP contribution in [-0.4, -0.2) is 31.3 Å². The SMILES string of the molecule is CC(=O)Nc1ccc2nc(NC(=O)[C@H](C)NS(=O)(=O)c3ccccc3)sc2c1. The number of benzene rings is 2. The number of hydrogen-bond acceptors (Lipinski definition) is 6. The van der Waals surface area contributed by atoms with Crippen LogP contribution >= 0.6 is 11.3 Å². The Morgan fingerprint density at radius 3 is 2.46 bits per heavy atom. The molecule has 0 saturated heterocycles. The molecule has 146 valence electrons. The van der Waals surface area contributed by atoms with Crippen molar-refractivity contribution in [3.05, 3.63) is 48.5 Å². The maximum atomic E-state index is 12.4. The average molecular weight is 419 g/mol. The molecule has 0 unspecified atom stereocenters. The van der Waals surface area contributed by atoms with Crippen LogP contribution in [0.25, 0.3) is 10.2 Å². The molecule has 8 nitrogen and oxygen atoms in total. The first-order valence-corrected chi connectivity index (χ1v) is 10.6. The first kappa shape index (κ1) is 19.9. The molecule has 2 aromatic carbocycles. The highest BCUT2D eigenvalue weighted by Crippen LogP contribution is 2.28. The van der Waals surface area contributed by atoms with E-state index in [4.69, 9.17) is 0 Å². The Labute approximate surface area is 166 Å². The molecule has 3 rings (SSSR count). The van der Waals surface area contributed by atoms with E-state index in [-0.39, 0.29) is 10.8 Å². The van der Waals surface area contributed by atoms with E-state index in [1.807, 2.05) is 0 Å². The summed E-state index contributed by atoms with van der Waals surface area (Å²) in [6.45, 7) is 2.87. The van der Waals surface area contributed by atoms with E-state index in [1.54, 1.807) is 36.4 Å². The van der Waals surface area contributed by atoms with E-state index in [9.17, 15) is 18.0 Å². The van der Waals surface area contributed by atoms with Gasteiger partial charge in [0.15, 0.2) is 5.13 Å². The van der Waals surface area contributed by atoms with Crippen LogP contribution in [0.4, 0.5) is 10.8 Å². The number of fused-ring (bicyclic) bond motifs is 1. The highest BCUT2D eigenvalue weighted by atomic mass is 32.2. The number of hydrogen-bond donors (Lipinski definition) is 3. The molecular formula is C18H18N4O4S2. The molecule has 2 amide bonds. The van der Waals surface area contributed by atoms with Gasteiger partial charge in [0.2, 0.25) is 21.8 Å². The van der Waals surface area contributed by atoms with Gasteiger partial charge in [-0.2, -0.15) is 4.72 Å². The smallest absolute Gasteiger partial charge is 0.244 e. The summed E-state index contributed by atoms with van der Waals surface area (Å²) in [5.41, 5.74) is 1.29. The van der Waals surface area contributed by atoms with Crippen molar-refractivity contribution in [2.24, 2.45) is 0 Å². The summed E-state index contributed by atoms with van der Waals surface area (Å²) < 4.78 is 27.8. The molecule has 0 radical (unpaired) electrons. The fourth-order valence-corrected chi connectivity index (χ4v) is 4.56. The number of sulfonamides is 1. The minimum Gasteiger partial charge on any atom is -0.326 e. The predicted octanol–water partition coefficient (Wildman–Crippen LogP) is 2.56. The quantitative estimate of drug-likeness (QED) is 0.569. The van der Waals surface area contributed by atoms with Crippen molar-refractivity contribution in [3.63, 3.8) is 0 Å². The highest BCUT2D eigenvalue weighted by molar-refractivity contribution is 7.89. The molecule has 0 spiro atoms. The van der Waals surface area contributed by atoms with E-state index in [1.165, 1.54) is 37.3 Å². The number of nitrogens with one attached hydrogen (secondary N) is 3. The predicted molar refractivity (Wildman–Crippen MR) is 109 cm³/mol. The second-order valence-corrected chi connectivity index (χ2v) is 8.77. The summed E-state index contributed by atoms with van der Waals surface area (Å²) in [5.74, 6) is -0.711. The molecule has 0 aliphatic rings. The third-order valence-corrected chi connectivity index (χ3v) is 6.21. The van der Waals surface area contributed by atoms with Gasteiger partial charge in [0.1, 0.15) is 0 Å². The Balaban J connectivity index is 1.70. The van der Waals surface area contributed by atoms with Gasteiger partial charge < -0.3 is 10.6 Å². The van der Waals surface area contributed by atoms with Crippen LogP contribution in [0.2, 0.25) is 0 Å². The second kappa shape index (κ2) is 8.05. The van der Waals surface area contributed by atoms with E-state index in [2.05, 4.69) is 20.3 Å². The van der Waals surface area contributed by atoms with Gasteiger partial charge in [0.25, 0.3) is 0 Å². The second-order valence-electron chi connectivity index (χ2n) is 6.03. The van der Waals surface area contributed by atoms with Crippen LogP contribution in [0, 0.1) is 0 Å². The van der Waals surface area contributed by atoms with E-state index >= 15 is 0 Å². The van der Waals surface area contributed by atoms with Crippen LogP contribution < -0.4 is 15.4 Å². The number of nitrogens with zero attached hydrogens (tertiary/aromatic N) is 1. The van der Waals surface area contributed by atoms with Gasteiger partial charge in [-0.15, -0.1) is 0 Å². The van der Waals surface area contributed by atoms with Gasteiger partial charge in [-0.25, -0.2) is 13.4 Å². The van der Waals surface area contributed by atoms with Gasteiger partial charge in [0, 0.05) is 12.6 Å². The molecule has 0 saturated carbocycles. The van der Waals surface area contributed by atoms with Gasteiger partial charge in [-0.1, -0.05) is 29.5 Å². The summed E-state index contributed by atoms with van der Waals surface area (Å²) in [4.78, 5) is 27.9. The normalized spacial score (nSPS) is 12.5. The maximum Gasteiger partial charge on any atom is 0.244 e. The molecule has 1 heterocycles. The lowest BCUT2D eigenvalue weighted by Crippen LogP contribution is -2.41. The first-order chi connectivity index (χ1) is 13.2. The van der Waals surface area contributed by atoms with Crippen molar-refractivity contribution in [1.29, 1.82) is 0 Å². The topological polar surface area (TPSA) is 117 Å². The van der Waals surface area contributed by atoms with Gasteiger partial charge in [0.05, 0.1) is 21.2 Å². The Hall–Kier alpha value is -2.82. The summed E-state index contributed by atoms with van der Waals surface area (Å²) in [6.07, 6.45) is 0.